The van der Waals surface area contributed by atoms with Gasteiger partial charge in [-0.15, -0.1) is 11.3 Å². The van der Waals surface area contributed by atoms with Crippen molar-refractivity contribution in [3.8, 4) is 10.6 Å². The number of aryl methyl sites for hydroxylation is 2. The van der Waals surface area contributed by atoms with E-state index in [0.717, 1.165) is 24.5 Å². The third-order valence-corrected chi connectivity index (χ3v) is 6.59. The minimum Gasteiger partial charge on any atom is -0.361 e. The van der Waals surface area contributed by atoms with Gasteiger partial charge >= 0.3 is 6.18 Å². The number of thiophene rings is 1. The van der Waals surface area contributed by atoms with Crippen molar-refractivity contribution < 1.29 is 22.5 Å². The van der Waals surface area contributed by atoms with Gasteiger partial charge < -0.3 is 9.42 Å². The average Bonchev–Trinajstić information content (AvgIpc) is 3.53. The fraction of sp³-hybridized carbons (Fsp3) is 0.333. The van der Waals surface area contributed by atoms with E-state index in [9.17, 15) is 18.0 Å². The Balaban J connectivity index is 1.63. The van der Waals surface area contributed by atoms with Crippen LogP contribution in [0.3, 0.4) is 0 Å². The van der Waals surface area contributed by atoms with Crippen LogP contribution in [0.1, 0.15) is 52.0 Å². The SMILES string of the molecule is Cc1noc(C)c1[C@H]1CCCN1C(=O)c1cnn2c(C(F)(F)F)cc(-c3cccs3)nc12. The summed E-state index contributed by atoms with van der Waals surface area (Å²) in [6.45, 7) is 4.07. The second-order valence-electron chi connectivity index (χ2n) is 7.69. The van der Waals surface area contributed by atoms with Gasteiger partial charge in [-0.05, 0) is 44.2 Å². The molecule has 1 aliphatic rings. The predicted octanol–water partition coefficient (Wildman–Crippen LogP) is 5.06. The summed E-state index contributed by atoms with van der Waals surface area (Å²) in [5.41, 5.74) is 0.636. The Labute approximate surface area is 184 Å². The van der Waals surface area contributed by atoms with Crippen LogP contribution in [-0.4, -0.2) is 37.1 Å². The fourth-order valence-corrected chi connectivity index (χ4v) is 4.98. The molecule has 0 spiro atoms. The summed E-state index contributed by atoms with van der Waals surface area (Å²) in [5, 5.41) is 9.62. The number of fused-ring (bicyclic) bond motifs is 1. The van der Waals surface area contributed by atoms with Crippen molar-refractivity contribution in [3.05, 3.63) is 58.1 Å². The van der Waals surface area contributed by atoms with E-state index in [1.54, 1.807) is 29.3 Å². The molecule has 166 valence electrons. The molecule has 1 amide bonds. The lowest BCUT2D eigenvalue weighted by molar-refractivity contribution is -0.142. The van der Waals surface area contributed by atoms with Crippen LogP contribution in [0.25, 0.3) is 16.2 Å². The summed E-state index contributed by atoms with van der Waals surface area (Å²) in [5.74, 6) is 0.219. The normalized spacial score (nSPS) is 16.9. The van der Waals surface area contributed by atoms with E-state index in [1.807, 2.05) is 6.92 Å². The number of carbonyl (C=O) groups excluding carboxylic acids is 1. The van der Waals surface area contributed by atoms with Crippen molar-refractivity contribution in [2.45, 2.75) is 38.9 Å². The number of rotatable bonds is 3. The first-order valence-corrected chi connectivity index (χ1v) is 10.9. The van der Waals surface area contributed by atoms with E-state index in [0.29, 0.717) is 27.4 Å². The molecular formula is C21H18F3N5O2S. The first-order chi connectivity index (χ1) is 15.3. The standard InChI is InChI=1S/C21H18F3N5O2S/c1-11-18(12(2)31-27-11)15-5-3-7-28(15)20(30)13-10-25-29-17(21(22,23)24)9-14(26-19(13)29)16-6-4-8-32-16/h4,6,8-10,15H,3,5,7H2,1-2H3/t15-/m1/s1. The van der Waals surface area contributed by atoms with Crippen LogP contribution in [0.2, 0.25) is 0 Å². The van der Waals surface area contributed by atoms with Crippen LogP contribution in [0.4, 0.5) is 13.2 Å². The maximum absolute atomic E-state index is 13.8. The number of nitrogens with zero attached hydrogens (tertiary/aromatic N) is 5. The number of hydrogen-bond donors (Lipinski definition) is 0. The molecular weight excluding hydrogens is 443 g/mol. The highest BCUT2D eigenvalue weighted by Gasteiger charge is 2.38. The molecule has 32 heavy (non-hydrogen) atoms. The minimum atomic E-state index is -4.66. The topological polar surface area (TPSA) is 76.5 Å². The number of carbonyl (C=O) groups is 1. The maximum atomic E-state index is 13.8. The van der Waals surface area contributed by atoms with Crippen molar-refractivity contribution in [3.63, 3.8) is 0 Å². The van der Waals surface area contributed by atoms with E-state index >= 15 is 0 Å². The van der Waals surface area contributed by atoms with Gasteiger partial charge in [-0.25, -0.2) is 9.50 Å². The molecule has 0 aromatic carbocycles. The van der Waals surface area contributed by atoms with Crippen LogP contribution in [-0.2, 0) is 6.18 Å². The molecule has 5 rings (SSSR count). The number of halogens is 3. The van der Waals surface area contributed by atoms with Gasteiger partial charge in [0.15, 0.2) is 11.3 Å². The first kappa shape index (κ1) is 20.7. The zero-order chi connectivity index (χ0) is 22.6. The van der Waals surface area contributed by atoms with Gasteiger partial charge in [-0.2, -0.15) is 18.3 Å². The third-order valence-electron chi connectivity index (χ3n) is 5.70. The van der Waals surface area contributed by atoms with E-state index in [2.05, 4.69) is 15.2 Å². The average molecular weight is 461 g/mol. The van der Waals surface area contributed by atoms with Gasteiger partial charge in [0.25, 0.3) is 5.91 Å². The second-order valence-corrected chi connectivity index (χ2v) is 8.64. The van der Waals surface area contributed by atoms with Crippen LogP contribution in [0.5, 0.6) is 0 Å². The molecule has 11 heteroatoms. The molecule has 0 bridgehead atoms. The summed E-state index contributed by atoms with van der Waals surface area (Å²) in [6, 6.07) is 4.13. The molecule has 0 radical (unpaired) electrons. The zero-order valence-electron chi connectivity index (χ0n) is 17.2. The van der Waals surface area contributed by atoms with E-state index in [-0.39, 0.29) is 22.9 Å². The third kappa shape index (κ3) is 3.27. The Hall–Kier alpha value is -3.21. The summed E-state index contributed by atoms with van der Waals surface area (Å²) >= 11 is 1.28. The molecule has 0 aliphatic carbocycles. The Bertz CT molecular complexity index is 1290. The molecule has 1 atom stereocenters. The highest BCUT2D eigenvalue weighted by Crippen LogP contribution is 2.38. The number of hydrogen-bond acceptors (Lipinski definition) is 6. The molecule has 7 nitrogen and oxygen atoms in total. The van der Waals surface area contributed by atoms with Gasteiger partial charge in [0.1, 0.15) is 11.3 Å². The minimum absolute atomic E-state index is 0.0348. The maximum Gasteiger partial charge on any atom is 0.433 e. The van der Waals surface area contributed by atoms with Crippen LogP contribution in [0.15, 0.2) is 34.3 Å². The lowest BCUT2D eigenvalue weighted by Gasteiger charge is -2.24. The summed E-state index contributed by atoms with van der Waals surface area (Å²) in [7, 11) is 0. The van der Waals surface area contributed by atoms with Gasteiger partial charge in [0.2, 0.25) is 0 Å². The van der Waals surface area contributed by atoms with Crippen LogP contribution >= 0.6 is 11.3 Å². The Morgan fingerprint density at radius 3 is 2.78 bits per heavy atom. The first-order valence-electron chi connectivity index (χ1n) is 9.99. The number of likely N-dealkylation sites (tertiary alicyclic amines) is 1. The van der Waals surface area contributed by atoms with E-state index < -0.39 is 17.8 Å². The van der Waals surface area contributed by atoms with Crippen molar-refractivity contribution in [2.24, 2.45) is 0 Å². The summed E-state index contributed by atoms with van der Waals surface area (Å²) in [6.07, 6.45) is -2.01. The second kappa shape index (κ2) is 7.44. The van der Waals surface area contributed by atoms with Gasteiger partial charge in [-0.1, -0.05) is 11.2 Å². The highest BCUT2D eigenvalue weighted by atomic mass is 32.1. The van der Waals surface area contributed by atoms with Gasteiger partial charge in [0, 0.05) is 12.1 Å². The largest absolute Gasteiger partial charge is 0.433 e. The van der Waals surface area contributed by atoms with Gasteiger partial charge in [-0.3, -0.25) is 4.79 Å². The van der Waals surface area contributed by atoms with Crippen molar-refractivity contribution in [2.75, 3.05) is 6.54 Å². The van der Waals surface area contributed by atoms with Crippen LogP contribution in [0, 0.1) is 13.8 Å². The molecule has 1 saturated heterocycles. The van der Waals surface area contributed by atoms with Crippen molar-refractivity contribution in [1.82, 2.24) is 24.7 Å². The Morgan fingerprint density at radius 2 is 2.12 bits per heavy atom. The molecule has 1 aliphatic heterocycles. The van der Waals surface area contributed by atoms with Crippen LogP contribution < -0.4 is 0 Å². The summed E-state index contributed by atoms with van der Waals surface area (Å²) < 4.78 is 47.3. The predicted molar refractivity (Wildman–Crippen MR) is 110 cm³/mol. The van der Waals surface area contributed by atoms with Gasteiger partial charge in [0.05, 0.1) is 28.5 Å². The molecule has 1 fully saturated rings. The Morgan fingerprint density at radius 1 is 1.31 bits per heavy atom. The monoisotopic (exact) mass is 461 g/mol. The number of alkyl halides is 3. The molecule has 0 unspecified atom stereocenters. The molecule has 5 heterocycles. The lowest BCUT2D eigenvalue weighted by atomic mass is 10.0. The molecule has 0 N–H and O–H groups in total. The van der Waals surface area contributed by atoms with Crippen molar-refractivity contribution >= 4 is 22.9 Å². The van der Waals surface area contributed by atoms with Crippen molar-refractivity contribution in [1.29, 1.82) is 0 Å². The molecule has 4 aromatic heterocycles. The number of amides is 1. The lowest BCUT2D eigenvalue weighted by Crippen LogP contribution is -2.31. The fourth-order valence-electron chi connectivity index (χ4n) is 4.30. The van der Waals surface area contributed by atoms with E-state index in [1.165, 1.54) is 17.5 Å². The number of aromatic nitrogens is 4. The Kier molecular flexibility index (Phi) is 4.81. The van der Waals surface area contributed by atoms with E-state index in [4.69, 9.17) is 4.52 Å². The molecule has 4 aromatic rings. The smallest absolute Gasteiger partial charge is 0.361 e. The summed E-state index contributed by atoms with van der Waals surface area (Å²) in [4.78, 5) is 20.1. The zero-order valence-corrected chi connectivity index (χ0v) is 18.0. The highest BCUT2D eigenvalue weighted by molar-refractivity contribution is 7.13. The quantitative estimate of drug-likeness (QED) is 0.426. The molecule has 0 saturated carbocycles.